The maximum absolute atomic E-state index is 12.7. The number of benzene rings is 1. The smallest absolute Gasteiger partial charge is 0.408 e. The van der Waals surface area contributed by atoms with E-state index >= 15 is 0 Å². The SMILES string of the molecule is C=N/C(C)=C\C(=N/CC(F)(F)F)Oc1cc(C#N)ccc1-c1ccc(CCN)nc1. The first-order valence-corrected chi connectivity index (χ1v) is 8.89. The average Bonchev–Trinajstić information content (AvgIpc) is 2.72. The number of aliphatic imine (C=N–C) groups is 2. The topological polar surface area (TPSA) is 96.7 Å². The van der Waals surface area contributed by atoms with Crippen LogP contribution in [0.3, 0.4) is 0 Å². The lowest BCUT2D eigenvalue weighted by Gasteiger charge is -2.13. The Labute approximate surface area is 172 Å². The van der Waals surface area contributed by atoms with E-state index in [0.29, 0.717) is 29.8 Å². The largest absolute Gasteiger partial charge is 0.439 e. The highest BCUT2D eigenvalue weighted by atomic mass is 19.4. The van der Waals surface area contributed by atoms with E-state index < -0.39 is 12.7 Å². The van der Waals surface area contributed by atoms with Crippen LogP contribution in [0.15, 0.2) is 58.3 Å². The fourth-order valence-corrected chi connectivity index (χ4v) is 2.41. The fraction of sp³-hybridized carbons (Fsp3) is 0.238. The first kappa shape index (κ1) is 22.8. The summed E-state index contributed by atoms with van der Waals surface area (Å²) in [5, 5.41) is 9.20. The Hall–Kier alpha value is -3.51. The number of ether oxygens (including phenoxy) is 1. The minimum Gasteiger partial charge on any atom is -0.439 e. The van der Waals surface area contributed by atoms with E-state index in [4.69, 9.17) is 10.5 Å². The molecule has 1 aromatic heterocycles. The zero-order chi connectivity index (χ0) is 22.1. The van der Waals surface area contributed by atoms with Crippen molar-refractivity contribution >= 4 is 12.6 Å². The van der Waals surface area contributed by atoms with Crippen LogP contribution in [-0.2, 0) is 6.42 Å². The molecule has 156 valence electrons. The molecule has 0 radical (unpaired) electrons. The third kappa shape index (κ3) is 6.83. The number of halogens is 3. The molecule has 1 heterocycles. The van der Waals surface area contributed by atoms with Crippen molar-refractivity contribution in [3.63, 3.8) is 0 Å². The number of nitriles is 1. The van der Waals surface area contributed by atoms with Crippen molar-refractivity contribution in [2.45, 2.75) is 19.5 Å². The van der Waals surface area contributed by atoms with E-state index in [-0.39, 0.29) is 17.2 Å². The molecule has 0 bridgehead atoms. The highest BCUT2D eigenvalue weighted by Crippen LogP contribution is 2.31. The Balaban J connectivity index is 2.48. The van der Waals surface area contributed by atoms with Crippen molar-refractivity contribution in [3.8, 4) is 22.9 Å². The predicted octanol–water partition coefficient (Wildman–Crippen LogP) is 4.07. The second-order valence-electron chi connectivity index (χ2n) is 6.22. The molecule has 0 spiro atoms. The molecule has 2 aromatic rings. The Kier molecular flexibility index (Phi) is 7.83. The second kappa shape index (κ2) is 10.3. The normalized spacial score (nSPS) is 12.4. The number of aromatic nitrogens is 1. The van der Waals surface area contributed by atoms with Crippen LogP contribution in [0.1, 0.15) is 18.2 Å². The molecule has 0 aliphatic heterocycles. The van der Waals surface area contributed by atoms with Crippen LogP contribution in [0.4, 0.5) is 13.2 Å². The van der Waals surface area contributed by atoms with Gasteiger partial charge in [0.1, 0.15) is 12.3 Å². The summed E-state index contributed by atoms with van der Waals surface area (Å²) in [4.78, 5) is 11.5. The van der Waals surface area contributed by atoms with Gasteiger partial charge in [-0.3, -0.25) is 9.98 Å². The van der Waals surface area contributed by atoms with Crippen molar-refractivity contribution in [1.82, 2.24) is 4.98 Å². The van der Waals surface area contributed by atoms with E-state index in [2.05, 4.69) is 21.7 Å². The van der Waals surface area contributed by atoms with Crippen LogP contribution in [0.25, 0.3) is 11.1 Å². The molecule has 0 unspecified atom stereocenters. The van der Waals surface area contributed by atoms with Gasteiger partial charge in [0.25, 0.3) is 0 Å². The summed E-state index contributed by atoms with van der Waals surface area (Å²) in [6.45, 7) is 3.92. The number of rotatable bonds is 7. The van der Waals surface area contributed by atoms with E-state index in [1.807, 2.05) is 6.07 Å². The maximum atomic E-state index is 12.7. The molecule has 0 aliphatic rings. The number of alkyl halides is 3. The van der Waals surface area contributed by atoms with Gasteiger partial charge in [0.15, 0.2) is 0 Å². The quantitative estimate of drug-likeness (QED) is 0.545. The van der Waals surface area contributed by atoms with Gasteiger partial charge in [-0.1, -0.05) is 6.07 Å². The Morgan fingerprint density at radius 1 is 1.33 bits per heavy atom. The molecule has 0 amide bonds. The molecule has 9 heteroatoms. The van der Waals surface area contributed by atoms with E-state index in [9.17, 15) is 18.4 Å². The summed E-state index contributed by atoms with van der Waals surface area (Å²) in [7, 11) is 0. The molecule has 0 saturated carbocycles. The Bertz CT molecular complexity index is 989. The third-order valence-corrected chi connectivity index (χ3v) is 3.86. The molecular weight excluding hydrogens is 395 g/mol. The van der Waals surface area contributed by atoms with Crippen molar-refractivity contribution in [2.24, 2.45) is 15.7 Å². The van der Waals surface area contributed by atoms with Gasteiger partial charge in [-0.15, -0.1) is 0 Å². The van der Waals surface area contributed by atoms with Crippen molar-refractivity contribution in [3.05, 3.63) is 59.6 Å². The average molecular weight is 415 g/mol. The molecule has 0 atom stereocenters. The number of pyridine rings is 1. The van der Waals surface area contributed by atoms with Gasteiger partial charge in [-0.2, -0.15) is 18.4 Å². The van der Waals surface area contributed by atoms with Gasteiger partial charge < -0.3 is 10.5 Å². The fourth-order valence-electron chi connectivity index (χ4n) is 2.41. The van der Waals surface area contributed by atoms with Gasteiger partial charge in [0.2, 0.25) is 5.90 Å². The molecular formula is C21H20F3N5O. The summed E-state index contributed by atoms with van der Waals surface area (Å²) in [6, 6.07) is 10.2. The van der Waals surface area contributed by atoms with Gasteiger partial charge in [-0.25, -0.2) is 4.99 Å². The molecule has 0 fully saturated rings. The van der Waals surface area contributed by atoms with E-state index in [1.54, 1.807) is 37.4 Å². The standard InChI is InChI=1S/C21H20F3N5O/c1-14(27-2)9-20(29-13-21(22,23)24)30-19-10-15(11-26)3-6-18(19)16-4-5-17(7-8-25)28-12-16/h3-6,9-10,12H,2,7-8,13,25H2,1H3/b14-9-,29-20+. The number of nitrogens with two attached hydrogens (primary N) is 1. The molecule has 1 aromatic carbocycles. The van der Waals surface area contributed by atoms with Crippen LogP contribution in [-0.4, -0.2) is 36.9 Å². The zero-order valence-corrected chi connectivity index (χ0v) is 16.3. The van der Waals surface area contributed by atoms with Gasteiger partial charge in [0.05, 0.1) is 11.6 Å². The summed E-state index contributed by atoms with van der Waals surface area (Å²) in [6.07, 6.45) is -1.04. The first-order valence-electron chi connectivity index (χ1n) is 8.89. The highest BCUT2D eigenvalue weighted by molar-refractivity contribution is 5.91. The van der Waals surface area contributed by atoms with Crippen molar-refractivity contribution < 1.29 is 17.9 Å². The predicted molar refractivity (Wildman–Crippen MR) is 109 cm³/mol. The molecule has 0 saturated heterocycles. The third-order valence-electron chi connectivity index (χ3n) is 3.86. The first-order chi connectivity index (χ1) is 14.3. The monoisotopic (exact) mass is 415 g/mol. The molecule has 0 aliphatic carbocycles. The molecule has 6 nitrogen and oxygen atoms in total. The second-order valence-corrected chi connectivity index (χ2v) is 6.22. The van der Waals surface area contributed by atoms with Gasteiger partial charge >= 0.3 is 6.18 Å². The lowest BCUT2D eigenvalue weighted by atomic mass is 10.0. The lowest BCUT2D eigenvalue weighted by Crippen LogP contribution is -2.16. The number of hydrogen-bond donors (Lipinski definition) is 1. The number of nitrogens with zero attached hydrogens (tertiary/aromatic N) is 4. The maximum Gasteiger partial charge on any atom is 0.408 e. The van der Waals surface area contributed by atoms with Crippen molar-refractivity contribution in [2.75, 3.05) is 13.1 Å². The molecule has 2 N–H and O–H groups in total. The lowest BCUT2D eigenvalue weighted by molar-refractivity contribution is -0.118. The minimum absolute atomic E-state index is 0.163. The number of hydrogen-bond acceptors (Lipinski definition) is 6. The van der Waals surface area contributed by atoms with Crippen molar-refractivity contribution in [1.29, 1.82) is 5.26 Å². The summed E-state index contributed by atoms with van der Waals surface area (Å²) in [5.41, 5.74) is 8.13. The minimum atomic E-state index is -4.50. The van der Waals surface area contributed by atoms with Gasteiger partial charge in [-0.05, 0) is 44.5 Å². The van der Waals surface area contributed by atoms with Crippen LogP contribution < -0.4 is 10.5 Å². The van der Waals surface area contributed by atoms with E-state index in [0.717, 1.165) is 5.69 Å². The zero-order valence-electron chi connectivity index (χ0n) is 16.3. The summed E-state index contributed by atoms with van der Waals surface area (Å²) >= 11 is 0. The molecule has 2 rings (SSSR count). The highest BCUT2D eigenvalue weighted by Gasteiger charge is 2.27. The van der Waals surface area contributed by atoms with E-state index in [1.165, 1.54) is 12.1 Å². The number of allylic oxidation sites excluding steroid dienone is 1. The van der Waals surface area contributed by atoms with Crippen LogP contribution in [0.5, 0.6) is 5.75 Å². The summed E-state index contributed by atoms with van der Waals surface area (Å²) < 4.78 is 43.7. The van der Waals surface area contributed by atoms with Crippen LogP contribution in [0.2, 0.25) is 0 Å². The van der Waals surface area contributed by atoms with Crippen LogP contribution in [0, 0.1) is 11.3 Å². The van der Waals surface area contributed by atoms with Gasteiger partial charge in [0, 0.05) is 41.2 Å². The summed E-state index contributed by atoms with van der Waals surface area (Å²) in [5.74, 6) is -0.141. The molecule has 30 heavy (non-hydrogen) atoms. The Morgan fingerprint density at radius 2 is 2.10 bits per heavy atom. The van der Waals surface area contributed by atoms with Crippen LogP contribution >= 0.6 is 0 Å². The Morgan fingerprint density at radius 3 is 2.67 bits per heavy atom.